The number of hydrogen-bond acceptors (Lipinski definition) is 6. The predicted molar refractivity (Wildman–Crippen MR) is 110 cm³/mol. The van der Waals surface area contributed by atoms with Gasteiger partial charge in [0.05, 0.1) is 19.3 Å². The van der Waals surface area contributed by atoms with Gasteiger partial charge in [0.2, 0.25) is 0 Å². The van der Waals surface area contributed by atoms with E-state index in [-0.39, 0.29) is 11.6 Å². The van der Waals surface area contributed by atoms with Crippen LogP contribution in [0.25, 0.3) is 11.4 Å². The first kappa shape index (κ1) is 19.8. The molecule has 2 aliphatic rings. The molecule has 1 aromatic carbocycles. The second-order valence-electron chi connectivity index (χ2n) is 8.01. The highest BCUT2D eigenvalue weighted by Crippen LogP contribution is 2.36. The Morgan fingerprint density at radius 2 is 1.97 bits per heavy atom. The fourth-order valence-electron chi connectivity index (χ4n) is 3.66. The first-order chi connectivity index (χ1) is 14.1. The van der Waals surface area contributed by atoms with Gasteiger partial charge in [-0.05, 0) is 60.9 Å². The molecule has 0 radical (unpaired) electrons. The number of benzene rings is 1. The smallest absolute Gasteiger partial charge is 0.319 e. The molecule has 1 saturated heterocycles. The zero-order chi connectivity index (χ0) is 20.3. The highest BCUT2D eigenvalue weighted by atomic mass is 16.5. The Balaban J connectivity index is 1.33. The summed E-state index contributed by atoms with van der Waals surface area (Å²) in [5, 5.41) is 18.0. The average molecular weight is 399 g/mol. The molecule has 1 aliphatic carbocycles. The van der Waals surface area contributed by atoms with Crippen molar-refractivity contribution < 1.29 is 9.53 Å². The number of nitrogens with one attached hydrogen (secondary N) is 2. The molecule has 2 fully saturated rings. The SMILES string of the molecule is CC[C@](C)(CNC(=O)Nc1ccc(-c2nnnn2C2CC2)cc1)N1CCOCC1. The van der Waals surface area contributed by atoms with E-state index < -0.39 is 0 Å². The number of urea groups is 1. The summed E-state index contributed by atoms with van der Waals surface area (Å²) in [5.41, 5.74) is 1.60. The molecule has 1 aliphatic heterocycles. The number of morpholine rings is 1. The Hall–Kier alpha value is -2.52. The Morgan fingerprint density at radius 3 is 2.62 bits per heavy atom. The zero-order valence-corrected chi connectivity index (χ0v) is 17.1. The minimum Gasteiger partial charge on any atom is -0.379 e. The van der Waals surface area contributed by atoms with E-state index in [2.05, 4.69) is 44.9 Å². The van der Waals surface area contributed by atoms with Crippen LogP contribution in [-0.2, 0) is 4.74 Å². The van der Waals surface area contributed by atoms with Crippen LogP contribution in [-0.4, -0.2) is 69.5 Å². The van der Waals surface area contributed by atoms with Crippen LogP contribution in [0.1, 0.15) is 39.2 Å². The van der Waals surface area contributed by atoms with Crippen molar-refractivity contribution in [1.82, 2.24) is 30.4 Å². The number of amides is 2. The van der Waals surface area contributed by atoms with Crippen LogP contribution in [0.15, 0.2) is 24.3 Å². The van der Waals surface area contributed by atoms with Crippen molar-refractivity contribution in [3.8, 4) is 11.4 Å². The normalized spacial score (nSPS) is 19.5. The Kier molecular flexibility index (Phi) is 5.77. The number of nitrogens with zero attached hydrogens (tertiary/aromatic N) is 5. The second kappa shape index (κ2) is 8.46. The summed E-state index contributed by atoms with van der Waals surface area (Å²) < 4.78 is 7.33. The van der Waals surface area contributed by atoms with Crippen LogP contribution in [0.3, 0.4) is 0 Å². The van der Waals surface area contributed by atoms with E-state index in [1.54, 1.807) is 0 Å². The predicted octanol–water partition coefficient (Wildman–Crippen LogP) is 2.30. The minimum absolute atomic E-state index is 0.0785. The van der Waals surface area contributed by atoms with Crippen molar-refractivity contribution >= 4 is 11.7 Å². The third-order valence-electron chi connectivity index (χ3n) is 5.95. The number of carbonyl (C=O) groups is 1. The molecule has 156 valence electrons. The molecule has 1 aromatic heterocycles. The highest BCUT2D eigenvalue weighted by molar-refractivity contribution is 5.89. The third-order valence-corrected chi connectivity index (χ3v) is 5.95. The van der Waals surface area contributed by atoms with Gasteiger partial charge in [0.15, 0.2) is 5.82 Å². The van der Waals surface area contributed by atoms with Crippen LogP contribution in [0, 0.1) is 0 Å². The van der Waals surface area contributed by atoms with E-state index in [0.717, 1.165) is 62.6 Å². The van der Waals surface area contributed by atoms with Crippen molar-refractivity contribution in [2.45, 2.75) is 44.7 Å². The molecule has 29 heavy (non-hydrogen) atoms. The third kappa shape index (κ3) is 4.56. The minimum atomic E-state index is -0.200. The maximum absolute atomic E-state index is 12.4. The molecule has 2 N–H and O–H groups in total. The molecule has 9 heteroatoms. The number of aromatic nitrogens is 4. The van der Waals surface area contributed by atoms with Crippen LogP contribution < -0.4 is 10.6 Å². The zero-order valence-electron chi connectivity index (χ0n) is 17.1. The summed E-state index contributed by atoms with van der Waals surface area (Å²) in [5.74, 6) is 0.771. The number of tetrazole rings is 1. The van der Waals surface area contributed by atoms with Crippen molar-refractivity contribution in [2.24, 2.45) is 0 Å². The van der Waals surface area contributed by atoms with Gasteiger partial charge in [-0.25, -0.2) is 9.48 Å². The van der Waals surface area contributed by atoms with Crippen molar-refractivity contribution in [1.29, 1.82) is 0 Å². The lowest BCUT2D eigenvalue weighted by Crippen LogP contribution is -2.57. The summed E-state index contributed by atoms with van der Waals surface area (Å²) in [4.78, 5) is 14.8. The number of carbonyl (C=O) groups excluding carboxylic acids is 1. The molecule has 1 saturated carbocycles. The van der Waals surface area contributed by atoms with E-state index in [9.17, 15) is 4.79 Å². The van der Waals surface area contributed by atoms with E-state index in [1.165, 1.54) is 0 Å². The highest BCUT2D eigenvalue weighted by Gasteiger charge is 2.31. The van der Waals surface area contributed by atoms with Crippen molar-refractivity contribution in [3.63, 3.8) is 0 Å². The maximum atomic E-state index is 12.4. The van der Waals surface area contributed by atoms with E-state index >= 15 is 0 Å². The molecule has 4 rings (SSSR count). The van der Waals surface area contributed by atoms with Gasteiger partial charge >= 0.3 is 6.03 Å². The Labute approximate surface area is 170 Å². The number of rotatable bonds is 7. The number of anilines is 1. The molecule has 0 bridgehead atoms. The molecule has 9 nitrogen and oxygen atoms in total. The number of hydrogen-bond donors (Lipinski definition) is 2. The van der Waals surface area contributed by atoms with Gasteiger partial charge in [-0.15, -0.1) is 5.10 Å². The number of ether oxygens (including phenoxy) is 1. The summed E-state index contributed by atoms with van der Waals surface area (Å²) in [6, 6.07) is 7.84. The average Bonchev–Trinajstić information content (AvgIpc) is 3.49. The van der Waals surface area contributed by atoms with Crippen molar-refractivity contribution in [2.75, 3.05) is 38.2 Å². The van der Waals surface area contributed by atoms with Gasteiger partial charge in [-0.2, -0.15) is 0 Å². The van der Waals surface area contributed by atoms with Gasteiger partial charge in [0.25, 0.3) is 0 Å². The molecular weight excluding hydrogens is 370 g/mol. The van der Waals surface area contributed by atoms with E-state index in [4.69, 9.17) is 4.74 Å². The fraction of sp³-hybridized carbons (Fsp3) is 0.600. The van der Waals surface area contributed by atoms with Crippen LogP contribution in [0.5, 0.6) is 0 Å². The summed E-state index contributed by atoms with van der Waals surface area (Å²) in [6.07, 6.45) is 3.20. The molecule has 2 aromatic rings. The maximum Gasteiger partial charge on any atom is 0.319 e. The molecular formula is C20H29N7O2. The lowest BCUT2D eigenvalue weighted by molar-refractivity contribution is -0.0163. The first-order valence-electron chi connectivity index (χ1n) is 10.3. The topological polar surface area (TPSA) is 97.2 Å². The van der Waals surface area contributed by atoms with Gasteiger partial charge in [0.1, 0.15) is 0 Å². The van der Waals surface area contributed by atoms with E-state index in [0.29, 0.717) is 12.6 Å². The standard InChI is InChI=1S/C20H29N7O2/c1-3-20(2,26-10-12-29-13-11-26)14-21-19(28)22-16-6-4-15(5-7-16)18-23-24-25-27(18)17-8-9-17/h4-7,17H,3,8-14H2,1-2H3,(H2,21,22,28)/t20-/m1/s1. The lowest BCUT2D eigenvalue weighted by atomic mass is 9.95. The van der Waals surface area contributed by atoms with Crippen molar-refractivity contribution in [3.05, 3.63) is 24.3 Å². The van der Waals surface area contributed by atoms with Crippen LogP contribution >= 0.6 is 0 Å². The van der Waals surface area contributed by atoms with Gasteiger partial charge in [-0.3, -0.25) is 4.90 Å². The summed E-state index contributed by atoms with van der Waals surface area (Å²) in [6.45, 7) is 8.23. The molecule has 2 heterocycles. The molecule has 0 unspecified atom stereocenters. The quantitative estimate of drug-likeness (QED) is 0.741. The Morgan fingerprint density at radius 1 is 1.24 bits per heavy atom. The van der Waals surface area contributed by atoms with Gasteiger partial charge in [0, 0.05) is 36.4 Å². The van der Waals surface area contributed by atoms with Crippen LogP contribution in [0.4, 0.5) is 10.5 Å². The Bertz CT molecular complexity index is 828. The molecule has 2 amide bonds. The molecule has 0 spiro atoms. The first-order valence-corrected chi connectivity index (χ1v) is 10.3. The van der Waals surface area contributed by atoms with Gasteiger partial charge in [-0.1, -0.05) is 6.92 Å². The van der Waals surface area contributed by atoms with Crippen LogP contribution in [0.2, 0.25) is 0 Å². The summed E-state index contributed by atoms with van der Waals surface area (Å²) in [7, 11) is 0. The largest absolute Gasteiger partial charge is 0.379 e. The summed E-state index contributed by atoms with van der Waals surface area (Å²) >= 11 is 0. The second-order valence-corrected chi connectivity index (χ2v) is 8.01. The monoisotopic (exact) mass is 399 g/mol. The lowest BCUT2D eigenvalue weighted by Gasteiger charge is -2.43. The van der Waals surface area contributed by atoms with Gasteiger partial charge < -0.3 is 15.4 Å². The van der Waals surface area contributed by atoms with E-state index in [1.807, 2.05) is 28.9 Å². The fourth-order valence-corrected chi connectivity index (χ4v) is 3.66. The molecule has 1 atom stereocenters.